The number of alkyl halides is 4. The molecule has 1 N–H and O–H groups in total. The van der Waals surface area contributed by atoms with Gasteiger partial charge in [0, 0.05) is 6.07 Å². The highest BCUT2D eigenvalue weighted by Crippen LogP contribution is 2.32. The molecule has 2 aromatic rings. The van der Waals surface area contributed by atoms with Gasteiger partial charge in [0.05, 0.1) is 5.69 Å². The zero-order valence-corrected chi connectivity index (χ0v) is 8.91. The average Bonchev–Trinajstić information content (AvgIpc) is 2.73. The average molecular weight is 260 g/mol. The molecular formula is C11H8F4N2O. The van der Waals surface area contributed by atoms with Crippen LogP contribution in [0.3, 0.4) is 0 Å². The van der Waals surface area contributed by atoms with Crippen molar-refractivity contribution in [3.8, 4) is 5.69 Å². The lowest BCUT2D eigenvalue weighted by Gasteiger charge is -2.12. The van der Waals surface area contributed by atoms with Gasteiger partial charge in [-0.2, -0.15) is 8.78 Å². The summed E-state index contributed by atoms with van der Waals surface area (Å²) in [6.45, 7) is 0. The summed E-state index contributed by atoms with van der Waals surface area (Å²) in [7, 11) is 0. The summed E-state index contributed by atoms with van der Waals surface area (Å²) in [4.78, 5) is 11.5. The molecule has 0 bridgehead atoms. The molecule has 0 saturated carbocycles. The number of H-pyrrole nitrogens is 1. The van der Waals surface area contributed by atoms with Crippen LogP contribution in [0.15, 0.2) is 41.2 Å². The second-order valence-electron chi connectivity index (χ2n) is 3.60. The highest BCUT2D eigenvalue weighted by molar-refractivity contribution is 5.30. The fourth-order valence-corrected chi connectivity index (χ4v) is 1.45. The van der Waals surface area contributed by atoms with Crippen molar-refractivity contribution in [1.29, 1.82) is 0 Å². The van der Waals surface area contributed by atoms with Crippen LogP contribution >= 0.6 is 0 Å². The van der Waals surface area contributed by atoms with Crippen LogP contribution in [0.4, 0.5) is 17.6 Å². The number of halogens is 4. The van der Waals surface area contributed by atoms with Crippen molar-refractivity contribution in [2.24, 2.45) is 0 Å². The third-order valence-corrected chi connectivity index (χ3v) is 2.37. The highest BCUT2D eigenvalue weighted by Gasteiger charge is 2.44. The van der Waals surface area contributed by atoms with Gasteiger partial charge in [-0.05, 0) is 12.1 Å². The van der Waals surface area contributed by atoms with Crippen molar-refractivity contribution in [3.63, 3.8) is 0 Å². The largest absolute Gasteiger partial charge is 0.348 e. The van der Waals surface area contributed by atoms with Crippen LogP contribution < -0.4 is 5.56 Å². The molecule has 0 aliphatic heterocycles. The lowest BCUT2D eigenvalue weighted by molar-refractivity contribution is -0.138. The van der Waals surface area contributed by atoms with Gasteiger partial charge in [0.1, 0.15) is 5.69 Å². The van der Waals surface area contributed by atoms with Gasteiger partial charge in [-0.25, -0.2) is 13.5 Å². The van der Waals surface area contributed by atoms with Crippen LogP contribution in [0.25, 0.3) is 5.69 Å². The van der Waals surface area contributed by atoms with Crippen LogP contribution in [-0.4, -0.2) is 16.2 Å². The molecule has 1 aromatic heterocycles. The van der Waals surface area contributed by atoms with E-state index in [2.05, 4.69) is 0 Å². The van der Waals surface area contributed by atoms with Crippen molar-refractivity contribution in [2.75, 3.05) is 0 Å². The van der Waals surface area contributed by atoms with E-state index in [0.29, 0.717) is 11.8 Å². The number of aromatic amines is 1. The summed E-state index contributed by atoms with van der Waals surface area (Å²) in [5.41, 5.74) is -1.64. The lowest BCUT2D eigenvalue weighted by atomic mass is 10.2. The van der Waals surface area contributed by atoms with E-state index in [1.807, 2.05) is 5.10 Å². The minimum absolute atomic E-state index is 0.291. The Kier molecular flexibility index (Phi) is 2.98. The Labute approximate surface area is 98.6 Å². The third-order valence-electron chi connectivity index (χ3n) is 2.37. The molecule has 0 spiro atoms. The first-order valence-electron chi connectivity index (χ1n) is 4.97. The van der Waals surface area contributed by atoms with E-state index in [4.69, 9.17) is 0 Å². The van der Waals surface area contributed by atoms with E-state index >= 15 is 0 Å². The van der Waals surface area contributed by atoms with Gasteiger partial charge in [-0.15, -0.1) is 0 Å². The second-order valence-corrected chi connectivity index (χ2v) is 3.60. The highest BCUT2D eigenvalue weighted by atomic mass is 19.3. The molecule has 0 aliphatic rings. The molecule has 0 atom stereocenters. The molecule has 96 valence electrons. The first-order valence-corrected chi connectivity index (χ1v) is 4.97. The second kappa shape index (κ2) is 4.32. The predicted molar refractivity (Wildman–Crippen MR) is 56.3 cm³/mol. The number of rotatable bonds is 3. The maximum absolute atomic E-state index is 13.1. The molecule has 1 heterocycles. The van der Waals surface area contributed by atoms with Gasteiger partial charge in [0.2, 0.25) is 0 Å². The molecule has 0 amide bonds. The molecule has 0 saturated heterocycles. The van der Waals surface area contributed by atoms with E-state index in [1.165, 1.54) is 12.1 Å². The third kappa shape index (κ3) is 2.03. The van der Waals surface area contributed by atoms with Crippen LogP contribution in [0, 0.1) is 0 Å². The normalized spacial score (nSPS) is 12.1. The Morgan fingerprint density at radius 2 is 1.78 bits per heavy atom. The van der Waals surface area contributed by atoms with Crippen molar-refractivity contribution < 1.29 is 17.6 Å². The van der Waals surface area contributed by atoms with Crippen LogP contribution in [-0.2, 0) is 5.92 Å². The van der Waals surface area contributed by atoms with E-state index in [0.717, 1.165) is 4.68 Å². The molecule has 7 heteroatoms. The maximum Gasteiger partial charge on any atom is 0.348 e. The SMILES string of the molecule is O=c1cc(C(F)(F)C(F)F)[nH]n1-c1ccccc1. The zero-order chi connectivity index (χ0) is 13.3. The van der Waals surface area contributed by atoms with Gasteiger partial charge in [-0.3, -0.25) is 9.89 Å². The number of hydrogen-bond donors (Lipinski definition) is 1. The fraction of sp³-hybridized carbons (Fsp3) is 0.182. The first kappa shape index (κ1) is 12.4. The molecule has 0 unspecified atom stereocenters. The summed E-state index contributed by atoms with van der Waals surface area (Å²) >= 11 is 0. The number of aromatic nitrogens is 2. The van der Waals surface area contributed by atoms with Gasteiger partial charge < -0.3 is 0 Å². The topological polar surface area (TPSA) is 37.8 Å². The standard InChI is InChI=1S/C11H8F4N2O/c12-10(13)11(14,15)8-6-9(18)17(16-8)7-4-2-1-3-5-7/h1-6,10,16H. The molecular weight excluding hydrogens is 252 g/mol. The monoisotopic (exact) mass is 260 g/mol. The summed E-state index contributed by atoms with van der Waals surface area (Å²) in [5, 5.41) is 1.99. The fourth-order valence-electron chi connectivity index (χ4n) is 1.45. The Balaban J connectivity index is 2.49. The van der Waals surface area contributed by atoms with Crippen LogP contribution in [0.1, 0.15) is 5.69 Å². The minimum atomic E-state index is -4.38. The Bertz CT molecular complexity index is 589. The van der Waals surface area contributed by atoms with E-state index in [1.54, 1.807) is 18.2 Å². The minimum Gasteiger partial charge on any atom is -0.289 e. The Morgan fingerprint density at radius 1 is 1.17 bits per heavy atom. The Morgan fingerprint density at radius 3 is 2.33 bits per heavy atom. The smallest absolute Gasteiger partial charge is 0.289 e. The summed E-state index contributed by atoms with van der Waals surface area (Å²) in [6.07, 6.45) is -3.88. The zero-order valence-electron chi connectivity index (χ0n) is 8.91. The summed E-state index contributed by atoms with van der Waals surface area (Å²) in [5.74, 6) is -4.38. The van der Waals surface area contributed by atoms with Crippen molar-refractivity contribution >= 4 is 0 Å². The quantitative estimate of drug-likeness (QED) is 0.846. The van der Waals surface area contributed by atoms with Gasteiger partial charge >= 0.3 is 12.3 Å². The number of hydrogen-bond acceptors (Lipinski definition) is 1. The van der Waals surface area contributed by atoms with E-state index in [-0.39, 0.29) is 0 Å². The molecule has 3 nitrogen and oxygen atoms in total. The number of benzene rings is 1. The molecule has 1 aromatic carbocycles. The van der Waals surface area contributed by atoms with Gasteiger partial charge in [0.25, 0.3) is 5.56 Å². The molecule has 2 rings (SSSR count). The van der Waals surface area contributed by atoms with Crippen molar-refractivity contribution in [1.82, 2.24) is 9.78 Å². The van der Waals surface area contributed by atoms with Crippen molar-refractivity contribution in [3.05, 3.63) is 52.4 Å². The van der Waals surface area contributed by atoms with Gasteiger partial charge in [0.15, 0.2) is 0 Å². The predicted octanol–water partition coefficient (Wildman–Crippen LogP) is 2.52. The van der Waals surface area contributed by atoms with E-state index in [9.17, 15) is 22.4 Å². The van der Waals surface area contributed by atoms with Crippen LogP contribution in [0.5, 0.6) is 0 Å². The molecule has 0 aliphatic carbocycles. The summed E-state index contributed by atoms with van der Waals surface area (Å²) < 4.78 is 51.2. The van der Waals surface area contributed by atoms with Crippen molar-refractivity contribution in [2.45, 2.75) is 12.3 Å². The van der Waals surface area contributed by atoms with E-state index < -0.39 is 23.6 Å². The lowest BCUT2D eigenvalue weighted by Crippen LogP contribution is -2.24. The molecule has 18 heavy (non-hydrogen) atoms. The number of nitrogens with zero attached hydrogens (tertiary/aromatic N) is 1. The Hall–Kier alpha value is -2.05. The number of nitrogens with one attached hydrogen (secondary N) is 1. The van der Waals surface area contributed by atoms with Gasteiger partial charge in [-0.1, -0.05) is 18.2 Å². The molecule has 0 fully saturated rings. The first-order chi connectivity index (χ1) is 8.43. The summed E-state index contributed by atoms with van der Waals surface area (Å²) in [6, 6.07) is 8.30. The van der Waals surface area contributed by atoms with Crippen LogP contribution in [0.2, 0.25) is 0 Å². The number of para-hydroxylation sites is 1. The maximum atomic E-state index is 13.1. The molecule has 0 radical (unpaired) electrons.